The molecule has 2 heterocycles. The van der Waals surface area contributed by atoms with Gasteiger partial charge >= 0.3 is 0 Å². The predicted octanol–water partition coefficient (Wildman–Crippen LogP) is 5.08. The molecular weight excluding hydrogens is 466 g/mol. The summed E-state index contributed by atoms with van der Waals surface area (Å²) in [6.07, 6.45) is 0.500. The Kier molecular flexibility index (Phi) is 6.31. The Labute approximate surface area is 197 Å². The van der Waals surface area contributed by atoms with Crippen LogP contribution < -0.4 is 5.32 Å². The van der Waals surface area contributed by atoms with E-state index >= 15 is 0 Å². The van der Waals surface area contributed by atoms with Gasteiger partial charge in [-0.1, -0.05) is 56.6 Å². The first kappa shape index (κ1) is 23.1. The van der Waals surface area contributed by atoms with Crippen LogP contribution in [0.4, 0.5) is 5.82 Å². The summed E-state index contributed by atoms with van der Waals surface area (Å²) in [6, 6.07) is 13.2. The smallest absolute Gasteiger partial charge is 0.235 e. The summed E-state index contributed by atoms with van der Waals surface area (Å²) in [5.74, 6) is 0.751. The number of nitrogens with zero attached hydrogens (tertiary/aromatic N) is 2. The zero-order valence-corrected chi connectivity index (χ0v) is 20.6. The number of rotatable bonds is 5. The number of aromatic nitrogens is 2. The van der Waals surface area contributed by atoms with Crippen LogP contribution in [0, 0.1) is 0 Å². The number of thioether (sulfide) groups is 1. The highest BCUT2D eigenvalue weighted by Crippen LogP contribution is 2.34. The number of halogens is 1. The summed E-state index contributed by atoms with van der Waals surface area (Å²) in [4.78, 5) is 13.8. The Hall–Kier alpha value is -2.03. The van der Waals surface area contributed by atoms with Gasteiger partial charge in [-0.25, -0.2) is 13.1 Å². The predicted molar refractivity (Wildman–Crippen MR) is 132 cm³/mol. The van der Waals surface area contributed by atoms with Gasteiger partial charge in [0.15, 0.2) is 9.84 Å². The van der Waals surface area contributed by atoms with Crippen molar-refractivity contribution in [1.29, 1.82) is 0 Å². The molecule has 0 saturated carbocycles. The molecule has 4 rings (SSSR count). The van der Waals surface area contributed by atoms with Gasteiger partial charge < -0.3 is 5.32 Å². The van der Waals surface area contributed by atoms with Gasteiger partial charge in [0.2, 0.25) is 5.91 Å². The van der Waals surface area contributed by atoms with Crippen molar-refractivity contribution in [2.75, 3.05) is 22.6 Å². The number of hydrogen-bond donors (Lipinski definition) is 1. The van der Waals surface area contributed by atoms with Crippen LogP contribution in [-0.2, 0) is 20.0 Å². The second-order valence-corrected chi connectivity index (χ2v) is 12.8. The van der Waals surface area contributed by atoms with Crippen molar-refractivity contribution in [3.05, 3.63) is 53.2 Å². The van der Waals surface area contributed by atoms with E-state index in [1.807, 2.05) is 63.2 Å². The van der Waals surface area contributed by atoms with Crippen molar-refractivity contribution >= 4 is 55.7 Å². The van der Waals surface area contributed by atoms with Crippen molar-refractivity contribution in [2.45, 2.75) is 43.5 Å². The minimum absolute atomic E-state index is 0.0460. The Bertz CT molecular complexity index is 1270. The molecule has 9 heteroatoms. The molecule has 0 aliphatic carbocycles. The van der Waals surface area contributed by atoms with Gasteiger partial charge in [0.25, 0.3) is 0 Å². The summed E-state index contributed by atoms with van der Waals surface area (Å²) >= 11 is 7.81. The molecule has 170 valence electrons. The van der Waals surface area contributed by atoms with E-state index in [-0.39, 0.29) is 34.6 Å². The molecule has 1 amide bonds. The van der Waals surface area contributed by atoms with Gasteiger partial charge in [0, 0.05) is 26.8 Å². The first-order valence-electron chi connectivity index (χ1n) is 10.4. The maximum absolute atomic E-state index is 12.8. The summed E-state index contributed by atoms with van der Waals surface area (Å²) in [6.45, 7) is 6.12. The molecular formula is C23H26ClN3O3S2. The molecule has 1 aliphatic rings. The number of fused-ring (bicyclic) bond motifs is 1. The lowest BCUT2D eigenvalue weighted by Crippen LogP contribution is -2.21. The fourth-order valence-corrected chi connectivity index (χ4v) is 6.74. The highest BCUT2D eigenvalue weighted by molar-refractivity contribution is 8.00. The van der Waals surface area contributed by atoms with Crippen LogP contribution in [-0.4, -0.2) is 41.4 Å². The standard InChI is InChI=1S/C23H26ClN3O3S2/c1-23(2,3)19-12-20(27(26-19)16-10-11-32(29,30)14-16)25-21(28)13-31-18-9-5-7-15-6-4-8-17(24)22(15)18/h4-9,12,16H,10-11,13-14H2,1-3H3,(H,25,28). The van der Waals surface area contributed by atoms with Crippen LogP contribution in [0.15, 0.2) is 47.4 Å². The van der Waals surface area contributed by atoms with Crippen molar-refractivity contribution in [2.24, 2.45) is 0 Å². The lowest BCUT2D eigenvalue weighted by molar-refractivity contribution is -0.113. The molecule has 32 heavy (non-hydrogen) atoms. The normalized spacial score (nSPS) is 18.2. The van der Waals surface area contributed by atoms with Gasteiger partial charge in [0.05, 0.1) is 29.0 Å². The van der Waals surface area contributed by atoms with E-state index in [1.165, 1.54) is 11.8 Å². The third-order valence-corrected chi connectivity index (χ3v) is 8.62. The molecule has 0 radical (unpaired) electrons. The van der Waals surface area contributed by atoms with E-state index < -0.39 is 9.84 Å². The van der Waals surface area contributed by atoms with E-state index in [9.17, 15) is 13.2 Å². The van der Waals surface area contributed by atoms with Crippen molar-refractivity contribution in [1.82, 2.24) is 9.78 Å². The van der Waals surface area contributed by atoms with Crippen LogP contribution in [0.3, 0.4) is 0 Å². The van der Waals surface area contributed by atoms with Crippen LogP contribution in [0.25, 0.3) is 10.8 Å². The molecule has 1 atom stereocenters. The Morgan fingerprint density at radius 3 is 2.62 bits per heavy atom. The quantitative estimate of drug-likeness (QED) is 0.503. The molecule has 3 aromatic rings. The van der Waals surface area contributed by atoms with Crippen molar-refractivity contribution < 1.29 is 13.2 Å². The van der Waals surface area contributed by atoms with Crippen LogP contribution in [0.5, 0.6) is 0 Å². The molecule has 1 fully saturated rings. The second-order valence-electron chi connectivity index (χ2n) is 9.10. The average molecular weight is 492 g/mol. The fraction of sp³-hybridized carbons (Fsp3) is 0.391. The third-order valence-electron chi connectivity index (χ3n) is 5.50. The van der Waals surface area contributed by atoms with Crippen molar-refractivity contribution in [3.8, 4) is 0 Å². The number of benzene rings is 2. The maximum atomic E-state index is 12.8. The largest absolute Gasteiger partial charge is 0.310 e. The Morgan fingerprint density at radius 1 is 1.25 bits per heavy atom. The summed E-state index contributed by atoms with van der Waals surface area (Å²) < 4.78 is 25.7. The number of carbonyl (C=O) groups excluding carboxylic acids is 1. The second kappa shape index (κ2) is 8.72. The first-order chi connectivity index (χ1) is 15.0. The van der Waals surface area contributed by atoms with Crippen molar-refractivity contribution in [3.63, 3.8) is 0 Å². The molecule has 0 spiro atoms. The van der Waals surface area contributed by atoms with Gasteiger partial charge in [-0.15, -0.1) is 11.8 Å². The Morgan fingerprint density at radius 2 is 1.97 bits per heavy atom. The van der Waals surface area contributed by atoms with Gasteiger partial charge in [0.1, 0.15) is 5.82 Å². The zero-order chi connectivity index (χ0) is 23.1. The number of anilines is 1. The average Bonchev–Trinajstić information content (AvgIpc) is 3.29. The summed E-state index contributed by atoms with van der Waals surface area (Å²) in [5.41, 5.74) is 0.585. The molecule has 6 nitrogen and oxygen atoms in total. The first-order valence-corrected chi connectivity index (χ1v) is 13.6. The van der Waals surface area contributed by atoms with E-state index in [1.54, 1.807) is 4.68 Å². The molecule has 0 bridgehead atoms. The molecule has 1 N–H and O–H groups in total. The van der Waals surface area contributed by atoms with Gasteiger partial charge in [-0.05, 0) is 23.9 Å². The number of hydrogen-bond acceptors (Lipinski definition) is 5. The van der Waals surface area contributed by atoms with E-state index in [0.717, 1.165) is 21.4 Å². The number of sulfone groups is 1. The van der Waals surface area contributed by atoms with E-state index in [0.29, 0.717) is 17.3 Å². The molecule has 1 aromatic heterocycles. The Balaban J connectivity index is 1.54. The third kappa shape index (κ3) is 4.97. The molecule has 1 saturated heterocycles. The van der Waals surface area contributed by atoms with Crippen LogP contribution >= 0.6 is 23.4 Å². The lowest BCUT2D eigenvalue weighted by atomic mass is 9.92. The number of nitrogens with one attached hydrogen (secondary N) is 1. The highest BCUT2D eigenvalue weighted by Gasteiger charge is 2.32. The number of amides is 1. The topological polar surface area (TPSA) is 81.1 Å². The number of carbonyl (C=O) groups is 1. The minimum atomic E-state index is -3.08. The highest BCUT2D eigenvalue weighted by atomic mass is 35.5. The monoisotopic (exact) mass is 491 g/mol. The minimum Gasteiger partial charge on any atom is -0.310 e. The van der Waals surface area contributed by atoms with E-state index in [2.05, 4.69) is 10.4 Å². The fourth-order valence-electron chi connectivity index (χ4n) is 3.81. The molecule has 2 aromatic carbocycles. The molecule has 1 aliphatic heterocycles. The maximum Gasteiger partial charge on any atom is 0.235 e. The van der Waals surface area contributed by atoms with Gasteiger partial charge in [-0.2, -0.15) is 5.10 Å². The summed E-state index contributed by atoms with van der Waals surface area (Å²) in [7, 11) is -3.08. The van der Waals surface area contributed by atoms with E-state index in [4.69, 9.17) is 11.6 Å². The SMILES string of the molecule is CC(C)(C)c1cc(NC(=O)CSc2cccc3cccc(Cl)c23)n(C2CCS(=O)(=O)C2)n1. The molecule has 1 unspecified atom stereocenters. The summed E-state index contributed by atoms with van der Waals surface area (Å²) in [5, 5.41) is 10.2. The zero-order valence-electron chi connectivity index (χ0n) is 18.3. The van der Waals surface area contributed by atoms with Gasteiger partial charge in [-0.3, -0.25) is 4.79 Å². The lowest BCUT2D eigenvalue weighted by Gasteiger charge is -2.15. The van der Waals surface area contributed by atoms with Crippen LogP contribution in [0.1, 0.15) is 38.9 Å². The van der Waals surface area contributed by atoms with Crippen LogP contribution in [0.2, 0.25) is 5.02 Å².